The highest BCUT2D eigenvalue weighted by Crippen LogP contribution is 2.24. The van der Waals surface area contributed by atoms with Gasteiger partial charge in [-0.05, 0) is 40.0 Å². The van der Waals surface area contributed by atoms with Crippen molar-refractivity contribution in [2.75, 3.05) is 6.54 Å². The molecular formula is C13H17BrFNO. The number of hydrogen-bond acceptors (Lipinski definition) is 2. The largest absolute Gasteiger partial charge is 0.329 e. The van der Waals surface area contributed by atoms with Crippen molar-refractivity contribution in [3.63, 3.8) is 0 Å². The molecular weight excluding hydrogens is 285 g/mol. The quantitative estimate of drug-likeness (QED) is 0.908. The average Bonchev–Trinajstić information content (AvgIpc) is 2.32. The highest BCUT2D eigenvalue weighted by Gasteiger charge is 2.29. The van der Waals surface area contributed by atoms with Crippen molar-refractivity contribution in [2.45, 2.75) is 26.7 Å². The average molecular weight is 302 g/mol. The van der Waals surface area contributed by atoms with E-state index < -0.39 is 5.41 Å². The van der Waals surface area contributed by atoms with Gasteiger partial charge in [-0.15, -0.1) is 0 Å². The van der Waals surface area contributed by atoms with Gasteiger partial charge in [-0.2, -0.15) is 0 Å². The van der Waals surface area contributed by atoms with Gasteiger partial charge >= 0.3 is 0 Å². The summed E-state index contributed by atoms with van der Waals surface area (Å²) >= 11 is 3.11. The minimum atomic E-state index is -0.485. The van der Waals surface area contributed by atoms with Crippen molar-refractivity contribution in [3.8, 4) is 0 Å². The lowest BCUT2D eigenvalue weighted by Gasteiger charge is -2.24. The van der Waals surface area contributed by atoms with Gasteiger partial charge in [0.1, 0.15) is 11.6 Å². The third-order valence-corrected chi connectivity index (χ3v) is 3.86. The van der Waals surface area contributed by atoms with E-state index in [0.29, 0.717) is 23.9 Å². The van der Waals surface area contributed by atoms with Crippen LogP contribution in [0, 0.1) is 11.2 Å². The van der Waals surface area contributed by atoms with Gasteiger partial charge in [-0.1, -0.05) is 19.9 Å². The SMILES string of the molecule is CCC(C)(CN)C(=O)Cc1ccc(F)c(Br)c1. The minimum absolute atomic E-state index is 0.0982. The molecule has 0 bridgehead atoms. The molecule has 1 atom stereocenters. The second kappa shape index (κ2) is 5.74. The standard InChI is InChI=1S/C13H17BrFNO/c1-3-13(2,8-16)12(17)7-9-4-5-11(15)10(14)6-9/h4-6H,3,7-8,16H2,1-2H3. The van der Waals surface area contributed by atoms with Crippen LogP contribution in [0.2, 0.25) is 0 Å². The van der Waals surface area contributed by atoms with Gasteiger partial charge in [-0.25, -0.2) is 4.39 Å². The molecule has 0 aliphatic carbocycles. The Labute approximate surface area is 110 Å². The Morgan fingerprint density at radius 1 is 1.53 bits per heavy atom. The fraction of sp³-hybridized carbons (Fsp3) is 0.462. The lowest BCUT2D eigenvalue weighted by Crippen LogP contribution is -2.36. The van der Waals surface area contributed by atoms with Crippen LogP contribution in [0.15, 0.2) is 22.7 Å². The van der Waals surface area contributed by atoms with Crippen LogP contribution in [-0.2, 0) is 11.2 Å². The lowest BCUT2D eigenvalue weighted by molar-refractivity contribution is -0.126. The van der Waals surface area contributed by atoms with E-state index in [4.69, 9.17) is 5.73 Å². The zero-order valence-corrected chi connectivity index (χ0v) is 11.7. The van der Waals surface area contributed by atoms with E-state index in [0.717, 1.165) is 5.56 Å². The van der Waals surface area contributed by atoms with E-state index in [1.54, 1.807) is 12.1 Å². The first kappa shape index (κ1) is 14.3. The molecule has 1 aromatic carbocycles. The van der Waals surface area contributed by atoms with Gasteiger partial charge < -0.3 is 5.73 Å². The first-order valence-corrected chi connectivity index (χ1v) is 6.39. The van der Waals surface area contributed by atoms with Crippen LogP contribution in [0.3, 0.4) is 0 Å². The molecule has 2 N–H and O–H groups in total. The number of carbonyl (C=O) groups excluding carboxylic acids is 1. The van der Waals surface area contributed by atoms with Gasteiger partial charge in [-0.3, -0.25) is 4.79 Å². The van der Waals surface area contributed by atoms with Crippen LogP contribution in [0.25, 0.3) is 0 Å². The van der Waals surface area contributed by atoms with E-state index in [2.05, 4.69) is 15.9 Å². The molecule has 0 amide bonds. The molecule has 1 aromatic rings. The summed E-state index contributed by atoms with van der Waals surface area (Å²) < 4.78 is 13.4. The number of halogens is 2. The molecule has 2 nitrogen and oxygen atoms in total. The maximum Gasteiger partial charge on any atom is 0.144 e. The van der Waals surface area contributed by atoms with Gasteiger partial charge in [0.05, 0.1) is 4.47 Å². The van der Waals surface area contributed by atoms with E-state index in [9.17, 15) is 9.18 Å². The van der Waals surface area contributed by atoms with Crippen LogP contribution < -0.4 is 5.73 Å². The van der Waals surface area contributed by atoms with Crippen molar-refractivity contribution < 1.29 is 9.18 Å². The molecule has 0 aliphatic heterocycles. The normalized spacial score (nSPS) is 14.4. The topological polar surface area (TPSA) is 43.1 Å². The summed E-state index contributed by atoms with van der Waals surface area (Å²) in [5, 5.41) is 0. The van der Waals surface area contributed by atoms with Crippen molar-refractivity contribution >= 4 is 21.7 Å². The Kier molecular flexibility index (Phi) is 4.83. The molecule has 1 rings (SSSR count). The molecule has 0 radical (unpaired) electrons. The second-order valence-corrected chi connectivity index (χ2v) is 5.32. The summed E-state index contributed by atoms with van der Waals surface area (Å²) in [6.07, 6.45) is 1.01. The molecule has 4 heteroatoms. The van der Waals surface area contributed by atoms with E-state index >= 15 is 0 Å². The Hall–Kier alpha value is -0.740. The fourth-order valence-corrected chi connectivity index (χ4v) is 1.93. The van der Waals surface area contributed by atoms with Crippen molar-refractivity contribution in [2.24, 2.45) is 11.1 Å². The van der Waals surface area contributed by atoms with Gasteiger partial charge in [0.2, 0.25) is 0 Å². The van der Waals surface area contributed by atoms with Gasteiger partial charge in [0.15, 0.2) is 0 Å². The number of hydrogen-bond donors (Lipinski definition) is 1. The Balaban J connectivity index is 2.84. The van der Waals surface area contributed by atoms with Crippen molar-refractivity contribution in [3.05, 3.63) is 34.1 Å². The molecule has 0 aromatic heterocycles. The maximum absolute atomic E-state index is 13.1. The van der Waals surface area contributed by atoms with Crippen LogP contribution in [-0.4, -0.2) is 12.3 Å². The molecule has 0 spiro atoms. The van der Waals surface area contributed by atoms with Crippen LogP contribution in [0.4, 0.5) is 4.39 Å². The summed E-state index contributed by atoms with van der Waals surface area (Å²) in [5.41, 5.74) is 5.95. The highest BCUT2D eigenvalue weighted by atomic mass is 79.9. The minimum Gasteiger partial charge on any atom is -0.329 e. The van der Waals surface area contributed by atoms with Crippen LogP contribution in [0.1, 0.15) is 25.8 Å². The number of rotatable bonds is 5. The zero-order valence-electron chi connectivity index (χ0n) is 10.1. The number of nitrogens with two attached hydrogens (primary N) is 1. The number of benzene rings is 1. The van der Waals surface area contributed by atoms with E-state index in [-0.39, 0.29) is 11.6 Å². The Bertz CT molecular complexity index is 416. The molecule has 0 fully saturated rings. The first-order chi connectivity index (χ1) is 7.92. The van der Waals surface area contributed by atoms with Crippen molar-refractivity contribution in [1.29, 1.82) is 0 Å². The van der Waals surface area contributed by atoms with Crippen LogP contribution >= 0.6 is 15.9 Å². The molecule has 0 saturated carbocycles. The smallest absolute Gasteiger partial charge is 0.144 e. The fourth-order valence-electron chi connectivity index (χ4n) is 1.50. The summed E-state index contributed by atoms with van der Waals surface area (Å²) in [6.45, 7) is 4.16. The number of ketones is 1. The second-order valence-electron chi connectivity index (χ2n) is 4.47. The summed E-state index contributed by atoms with van der Waals surface area (Å²) in [6, 6.07) is 4.63. The summed E-state index contributed by atoms with van der Waals surface area (Å²) in [4.78, 5) is 12.1. The monoisotopic (exact) mass is 301 g/mol. The number of Topliss-reactive ketones (excluding diaryl/α,β-unsaturated/α-hetero) is 1. The van der Waals surface area contributed by atoms with E-state index in [1.807, 2.05) is 13.8 Å². The van der Waals surface area contributed by atoms with Crippen LogP contribution in [0.5, 0.6) is 0 Å². The maximum atomic E-state index is 13.1. The molecule has 0 saturated heterocycles. The molecule has 0 heterocycles. The summed E-state index contributed by atoms with van der Waals surface area (Å²) in [5.74, 6) is -0.223. The predicted octanol–water partition coefficient (Wildman–Crippen LogP) is 3.07. The molecule has 1 unspecified atom stereocenters. The van der Waals surface area contributed by atoms with Gasteiger partial charge in [0.25, 0.3) is 0 Å². The predicted molar refractivity (Wildman–Crippen MR) is 70.3 cm³/mol. The third kappa shape index (κ3) is 3.36. The third-order valence-electron chi connectivity index (χ3n) is 3.25. The molecule has 94 valence electrons. The van der Waals surface area contributed by atoms with Crippen molar-refractivity contribution in [1.82, 2.24) is 0 Å². The zero-order chi connectivity index (χ0) is 13.1. The first-order valence-electron chi connectivity index (χ1n) is 5.60. The molecule has 0 aliphatic rings. The Morgan fingerprint density at radius 3 is 2.65 bits per heavy atom. The van der Waals surface area contributed by atoms with Gasteiger partial charge in [0, 0.05) is 18.4 Å². The molecule has 17 heavy (non-hydrogen) atoms. The van der Waals surface area contributed by atoms with E-state index in [1.165, 1.54) is 6.07 Å². The highest BCUT2D eigenvalue weighted by molar-refractivity contribution is 9.10. The Morgan fingerprint density at radius 2 is 2.18 bits per heavy atom. The number of carbonyl (C=O) groups is 1. The lowest BCUT2D eigenvalue weighted by atomic mass is 9.80. The summed E-state index contributed by atoms with van der Waals surface area (Å²) in [7, 11) is 0.